The Morgan fingerprint density at radius 3 is 3.00 bits per heavy atom. The summed E-state index contributed by atoms with van der Waals surface area (Å²) in [5.41, 5.74) is 0. The molecule has 0 aromatic rings. The van der Waals surface area contributed by atoms with Crippen LogP contribution in [0.25, 0.3) is 0 Å². The molecule has 0 aromatic heterocycles. The number of esters is 1. The fourth-order valence-electron chi connectivity index (χ4n) is 2.05. The minimum Gasteiger partial charge on any atom is -0.465 e. The molecule has 0 amide bonds. The lowest BCUT2D eigenvalue weighted by atomic mass is 9.89. The zero-order valence-electron chi connectivity index (χ0n) is 8.70. The van der Waals surface area contributed by atoms with Crippen LogP contribution in [0.3, 0.4) is 0 Å². The predicted octanol–water partition coefficient (Wildman–Crippen LogP) is 1.90. The van der Waals surface area contributed by atoms with Crippen LogP contribution in [0.4, 0.5) is 0 Å². The van der Waals surface area contributed by atoms with Crippen LogP contribution in [0, 0.1) is 5.92 Å². The van der Waals surface area contributed by atoms with Crippen LogP contribution in [0.15, 0.2) is 0 Å². The van der Waals surface area contributed by atoms with Gasteiger partial charge in [0.1, 0.15) is 0 Å². The maximum atomic E-state index is 11.6. The van der Waals surface area contributed by atoms with E-state index in [1.807, 2.05) is 0 Å². The molecule has 1 aliphatic heterocycles. The van der Waals surface area contributed by atoms with E-state index in [2.05, 4.69) is 6.92 Å². The maximum Gasteiger partial charge on any atom is 0.309 e. The van der Waals surface area contributed by atoms with Crippen molar-refractivity contribution in [3.05, 3.63) is 0 Å². The second-order valence-electron chi connectivity index (χ2n) is 4.24. The third kappa shape index (κ3) is 2.27. The lowest BCUT2D eigenvalue weighted by Crippen LogP contribution is -2.24. The van der Waals surface area contributed by atoms with Gasteiger partial charge in [0.25, 0.3) is 0 Å². The molecular formula is C11H18O3. The molecule has 1 aliphatic carbocycles. The molecule has 0 spiro atoms. The molecule has 2 aliphatic rings. The SMILES string of the molecule is CCCCOC(=O)C1CCC2OC2C1. The van der Waals surface area contributed by atoms with Crippen molar-refractivity contribution in [3.63, 3.8) is 0 Å². The van der Waals surface area contributed by atoms with Gasteiger partial charge in [-0.3, -0.25) is 4.79 Å². The number of fused-ring (bicyclic) bond motifs is 1. The number of carbonyl (C=O) groups excluding carboxylic acids is 1. The van der Waals surface area contributed by atoms with E-state index >= 15 is 0 Å². The predicted molar refractivity (Wildman–Crippen MR) is 51.9 cm³/mol. The number of hydrogen-bond acceptors (Lipinski definition) is 3. The molecule has 0 N–H and O–H groups in total. The number of hydrogen-bond donors (Lipinski definition) is 0. The summed E-state index contributed by atoms with van der Waals surface area (Å²) in [6, 6.07) is 0. The van der Waals surface area contributed by atoms with E-state index in [-0.39, 0.29) is 11.9 Å². The summed E-state index contributed by atoms with van der Waals surface area (Å²) < 4.78 is 10.6. The maximum absolute atomic E-state index is 11.6. The zero-order valence-corrected chi connectivity index (χ0v) is 8.70. The Morgan fingerprint density at radius 2 is 2.29 bits per heavy atom. The minimum atomic E-state index is -0.00704. The molecule has 0 aromatic carbocycles. The van der Waals surface area contributed by atoms with Gasteiger partial charge in [-0.2, -0.15) is 0 Å². The molecule has 0 bridgehead atoms. The van der Waals surface area contributed by atoms with Gasteiger partial charge in [0, 0.05) is 0 Å². The second kappa shape index (κ2) is 4.30. The van der Waals surface area contributed by atoms with Gasteiger partial charge in [-0.05, 0) is 25.7 Å². The van der Waals surface area contributed by atoms with Crippen LogP contribution in [0.5, 0.6) is 0 Å². The lowest BCUT2D eigenvalue weighted by Gasteiger charge is -2.17. The molecule has 1 saturated heterocycles. The Labute approximate surface area is 84.8 Å². The highest BCUT2D eigenvalue weighted by Crippen LogP contribution is 2.39. The first-order valence-corrected chi connectivity index (χ1v) is 5.63. The summed E-state index contributed by atoms with van der Waals surface area (Å²) in [6.45, 7) is 2.68. The minimum absolute atomic E-state index is 0.00704. The first-order valence-electron chi connectivity index (χ1n) is 5.63. The van der Waals surface area contributed by atoms with Crippen molar-refractivity contribution in [3.8, 4) is 0 Å². The standard InChI is InChI=1S/C11H18O3/c1-2-3-6-13-11(12)8-4-5-9-10(7-8)14-9/h8-10H,2-7H2,1H3. The van der Waals surface area contributed by atoms with Crippen LogP contribution >= 0.6 is 0 Å². The van der Waals surface area contributed by atoms with Gasteiger partial charge in [0.2, 0.25) is 0 Å². The average Bonchev–Trinajstić information content (AvgIpc) is 2.95. The van der Waals surface area contributed by atoms with Gasteiger partial charge in [-0.25, -0.2) is 0 Å². The number of unbranched alkanes of at least 4 members (excludes halogenated alkanes) is 1. The zero-order chi connectivity index (χ0) is 9.97. The monoisotopic (exact) mass is 198 g/mol. The van der Waals surface area contributed by atoms with Gasteiger partial charge < -0.3 is 9.47 Å². The van der Waals surface area contributed by atoms with E-state index in [4.69, 9.17) is 9.47 Å². The molecule has 3 atom stereocenters. The Bertz CT molecular complexity index is 215. The summed E-state index contributed by atoms with van der Waals surface area (Å²) >= 11 is 0. The molecule has 14 heavy (non-hydrogen) atoms. The Kier molecular flexibility index (Phi) is 3.06. The lowest BCUT2D eigenvalue weighted by molar-refractivity contribution is -0.149. The number of carbonyl (C=O) groups is 1. The summed E-state index contributed by atoms with van der Waals surface area (Å²) in [5.74, 6) is 0.100. The van der Waals surface area contributed by atoms with Crippen molar-refractivity contribution in [2.75, 3.05) is 6.61 Å². The first kappa shape index (κ1) is 9.97. The Balaban J connectivity index is 1.68. The fourth-order valence-corrected chi connectivity index (χ4v) is 2.05. The smallest absolute Gasteiger partial charge is 0.309 e. The highest BCUT2D eigenvalue weighted by atomic mass is 16.6. The van der Waals surface area contributed by atoms with Crippen LogP contribution < -0.4 is 0 Å². The van der Waals surface area contributed by atoms with Crippen molar-refractivity contribution in [2.45, 2.75) is 51.2 Å². The molecule has 3 unspecified atom stereocenters. The van der Waals surface area contributed by atoms with Crippen molar-refractivity contribution in [1.29, 1.82) is 0 Å². The van der Waals surface area contributed by atoms with Crippen molar-refractivity contribution in [2.24, 2.45) is 5.92 Å². The third-order valence-corrected chi connectivity index (χ3v) is 3.08. The van der Waals surface area contributed by atoms with Crippen molar-refractivity contribution < 1.29 is 14.3 Å². The van der Waals surface area contributed by atoms with Gasteiger partial charge in [0.05, 0.1) is 24.7 Å². The molecule has 3 nitrogen and oxygen atoms in total. The topological polar surface area (TPSA) is 38.8 Å². The van der Waals surface area contributed by atoms with Crippen molar-refractivity contribution in [1.82, 2.24) is 0 Å². The molecule has 0 radical (unpaired) electrons. The highest BCUT2D eigenvalue weighted by molar-refractivity contribution is 5.72. The van der Waals surface area contributed by atoms with E-state index in [0.717, 1.165) is 32.1 Å². The number of ether oxygens (including phenoxy) is 2. The van der Waals surface area contributed by atoms with Gasteiger partial charge in [0.15, 0.2) is 0 Å². The Morgan fingerprint density at radius 1 is 1.43 bits per heavy atom. The van der Waals surface area contributed by atoms with E-state index in [9.17, 15) is 4.79 Å². The summed E-state index contributed by atoms with van der Waals surface area (Å²) in [7, 11) is 0. The average molecular weight is 198 g/mol. The highest BCUT2D eigenvalue weighted by Gasteiger charge is 2.46. The molecular weight excluding hydrogens is 180 g/mol. The molecule has 80 valence electrons. The Hall–Kier alpha value is -0.570. The van der Waals surface area contributed by atoms with Crippen molar-refractivity contribution >= 4 is 5.97 Å². The molecule has 1 saturated carbocycles. The normalized spacial score (nSPS) is 34.8. The van der Waals surface area contributed by atoms with Gasteiger partial charge in [-0.15, -0.1) is 0 Å². The fraction of sp³-hybridized carbons (Fsp3) is 0.909. The first-order chi connectivity index (χ1) is 6.81. The van der Waals surface area contributed by atoms with E-state index in [1.54, 1.807) is 0 Å². The summed E-state index contributed by atoms with van der Waals surface area (Å²) in [6.07, 6.45) is 5.76. The molecule has 1 heterocycles. The third-order valence-electron chi connectivity index (χ3n) is 3.08. The summed E-state index contributed by atoms with van der Waals surface area (Å²) in [4.78, 5) is 11.6. The van der Waals surface area contributed by atoms with Crippen LogP contribution in [-0.2, 0) is 14.3 Å². The van der Waals surface area contributed by atoms with Crippen LogP contribution in [-0.4, -0.2) is 24.8 Å². The van der Waals surface area contributed by atoms with Gasteiger partial charge >= 0.3 is 5.97 Å². The quantitative estimate of drug-likeness (QED) is 0.393. The van der Waals surface area contributed by atoms with E-state index < -0.39 is 0 Å². The van der Waals surface area contributed by atoms with E-state index in [1.165, 1.54) is 0 Å². The van der Waals surface area contributed by atoms with E-state index in [0.29, 0.717) is 18.8 Å². The second-order valence-corrected chi connectivity index (χ2v) is 4.24. The number of epoxide rings is 1. The molecule has 3 heteroatoms. The summed E-state index contributed by atoms with van der Waals surface area (Å²) in [5, 5.41) is 0. The molecule has 2 fully saturated rings. The van der Waals surface area contributed by atoms with Crippen LogP contribution in [0.2, 0.25) is 0 Å². The largest absolute Gasteiger partial charge is 0.465 e. The van der Waals surface area contributed by atoms with Crippen LogP contribution in [0.1, 0.15) is 39.0 Å². The van der Waals surface area contributed by atoms with Gasteiger partial charge in [-0.1, -0.05) is 13.3 Å². The molecule has 2 rings (SSSR count). The number of rotatable bonds is 4.